The third-order valence-electron chi connectivity index (χ3n) is 5.70. The molecule has 0 aliphatic heterocycles. The molecule has 32 heavy (non-hydrogen) atoms. The minimum Gasteiger partial charge on any atom is -0.413 e. The van der Waals surface area contributed by atoms with E-state index < -0.39 is 7.60 Å². The molecule has 0 unspecified atom stereocenters. The fourth-order valence-corrected chi connectivity index (χ4v) is 6.14. The fraction of sp³-hybridized carbons (Fsp3) is 0.357. The minimum atomic E-state index is -3.71. The van der Waals surface area contributed by atoms with Crippen molar-refractivity contribution in [3.63, 3.8) is 0 Å². The summed E-state index contributed by atoms with van der Waals surface area (Å²) in [5.74, 6) is 1.27. The van der Waals surface area contributed by atoms with Crippen molar-refractivity contribution < 1.29 is 13.6 Å². The standard InChI is InChI=1S/C28H35O3P/c1-5-14-23-16-9-11-19-26(23)30-32(29,28-21-13-18-22(7-3)25(28)8-4)31-27-20-12-10-17-24(27)15-6-2/h9-13,16-21H,5-8,14-15H2,1-4H3. The molecule has 0 saturated heterocycles. The lowest BCUT2D eigenvalue weighted by Crippen LogP contribution is -2.21. The van der Waals surface area contributed by atoms with E-state index in [1.165, 1.54) is 5.56 Å². The third-order valence-corrected chi connectivity index (χ3v) is 7.58. The van der Waals surface area contributed by atoms with Gasteiger partial charge in [-0.1, -0.05) is 89.1 Å². The Bertz CT molecular complexity index is 1020. The highest BCUT2D eigenvalue weighted by molar-refractivity contribution is 7.63. The summed E-state index contributed by atoms with van der Waals surface area (Å²) in [6.07, 6.45) is 5.32. The highest BCUT2D eigenvalue weighted by Crippen LogP contribution is 2.50. The average molecular weight is 451 g/mol. The monoisotopic (exact) mass is 450 g/mol. The maximum Gasteiger partial charge on any atom is 0.463 e. The molecule has 0 aromatic heterocycles. The van der Waals surface area contributed by atoms with Gasteiger partial charge in [0.1, 0.15) is 11.5 Å². The summed E-state index contributed by atoms with van der Waals surface area (Å²) in [6, 6.07) is 21.7. The van der Waals surface area contributed by atoms with Crippen molar-refractivity contribution in [1.82, 2.24) is 0 Å². The van der Waals surface area contributed by atoms with E-state index in [0.29, 0.717) is 16.8 Å². The van der Waals surface area contributed by atoms with E-state index in [1.807, 2.05) is 60.7 Å². The maximum absolute atomic E-state index is 14.7. The highest BCUT2D eigenvalue weighted by Gasteiger charge is 2.35. The van der Waals surface area contributed by atoms with Crippen LogP contribution in [0, 0.1) is 0 Å². The second-order valence-electron chi connectivity index (χ2n) is 8.02. The molecule has 4 heteroatoms. The molecule has 3 rings (SSSR count). The van der Waals surface area contributed by atoms with Gasteiger partial charge in [-0.05, 0) is 66.1 Å². The Balaban J connectivity index is 2.16. The lowest BCUT2D eigenvalue weighted by molar-refractivity contribution is 0.395. The molecular weight excluding hydrogens is 415 g/mol. The number of hydrogen-bond donors (Lipinski definition) is 0. The van der Waals surface area contributed by atoms with E-state index in [1.54, 1.807) is 0 Å². The van der Waals surface area contributed by atoms with Crippen molar-refractivity contribution in [2.75, 3.05) is 0 Å². The first-order chi connectivity index (χ1) is 15.6. The van der Waals surface area contributed by atoms with Crippen LogP contribution in [0.5, 0.6) is 11.5 Å². The smallest absolute Gasteiger partial charge is 0.413 e. The second-order valence-corrected chi connectivity index (χ2v) is 9.86. The lowest BCUT2D eigenvalue weighted by Gasteiger charge is -2.25. The summed E-state index contributed by atoms with van der Waals surface area (Å²) in [5.41, 5.74) is 4.33. The molecule has 0 atom stereocenters. The van der Waals surface area contributed by atoms with Crippen molar-refractivity contribution in [2.45, 2.75) is 66.2 Å². The molecule has 0 aliphatic carbocycles. The molecule has 0 N–H and O–H groups in total. The van der Waals surface area contributed by atoms with Gasteiger partial charge in [-0.25, -0.2) is 4.57 Å². The fourth-order valence-electron chi connectivity index (χ4n) is 4.13. The van der Waals surface area contributed by atoms with Crippen LogP contribution in [0.2, 0.25) is 0 Å². The Morgan fingerprint density at radius 1 is 0.625 bits per heavy atom. The molecule has 0 bridgehead atoms. The van der Waals surface area contributed by atoms with Gasteiger partial charge in [0.15, 0.2) is 0 Å². The first-order valence-electron chi connectivity index (χ1n) is 11.8. The van der Waals surface area contributed by atoms with Crippen LogP contribution in [0.15, 0.2) is 66.7 Å². The molecule has 0 saturated carbocycles. The molecular formula is C28H35O3P. The topological polar surface area (TPSA) is 35.5 Å². The van der Waals surface area contributed by atoms with Crippen LogP contribution >= 0.6 is 7.60 Å². The summed E-state index contributed by atoms with van der Waals surface area (Å²) >= 11 is 0. The molecule has 3 aromatic rings. The van der Waals surface area contributed by atoms with Gasteiger partial charge in [-0.15, -0.1) is 0 Å². The van der Waals surface area contributed by atoms with Crippen LogP contribution < -0.4 is 14.4 Å². The molecule has 3 aromatic carbocycles. The zero-order valence-corrected chi connectivity index (χ0v) is 20.7. The molecule has 170 valence electrons. The molecule has 0 radical (unpaired) electrons. The van der Waals surface area contributed by atoms with Gasteiger partial charge in [0.05, 0.1) is 5.30 Å². The van der Waals surface area contributed by atoms with Crippen molar-refractivity contribution in [2.24, 2.45) is 0 Å². The Labute approximate surface area is 193 Å². The van der Waals surface area contributed by atoms with Gasteiger partial charge in [-0.2, -0.15) is 0 Å². The summed E-state index contributed by atoms with van der Waals surface area (Å²) in [7, 11) is -3.71. The predicted octanol–water partition coefficient (Wildman–Crippen LogP) is 7.69. The van der Waals surface area contributed by atoms with Gasteiger partial charge in [0.25, 0.3) is 0 Å². The Morgan fingerprint density at radius 2 is 1.12 bits per heavy atom. The number of hydrogen-bond acceptors (Lipinski definition) is 3. The SMILES string of the molecule is CCCc1ccccc1OP(=O)(Oc1ccccc1CCC)c1cccc(CC)c1CC. The van der Waals surface area contributed by atoms with Gasteiger partial charge in [0.2, 0.25) is 0 Å². The first kappa shape index (κ1) is 24.1. The van der Waals surface area contributed by atoms with Crippen LogP contribution in [-0.4, -0.2) is 0 Å². The van der Waals surface area contributed by atoms with Crippen LogP contribution in [0.25, 0.3) is 0 Å². The zero-order chi connectivity index (χ0) is 23.0. The number of rotatable bonds is 11. The summed E-state index contributed by atoms with van der Waals surface area (Å²) < 4.78 is 27.4. The second kappa shape index (κ2) is 11.4. The van der Waals surface area contributed by atoms with E-state index in [0.717, 1.165) is 55.2 Å². The molecule has 0 amide bonds. The Morgan fingerprint density at radius 3 is 1.59 bits per heavy atom. The van der Waals surface area contributed by atoms with E-state index in [9.17, 15) is 4.57 Å². The average Bonchev–Trinajstić information content (AvgIpc) is 2.81. The van der Waals surface area contributed by atoms with Crippen molar-refractivity contribution >= 4 is 12.9 Å². The van der Waals surface area contributed by atoms with E-state index in [4.69, 9.17) is 9.05 Å². The molecule has 0 spiro atoms. The predicted molar refractivity (Wildman–Crippen MR) is 135 cm³/mol. The van der Waals surface area contributed by atoms with Crippen molar-refractivity contribution in [3.8, 4) is 11.5 Å². The largest absolute Gasteiger partial charge is 0.463 e. The van der Waals surface area contributed by atoms with E-state index in [2.05, 4.69) is 33.8 Å². The highest BCUT2D eigenvalue weighted by atomic mass is 31.2. The quantitative estimate of drug-likeness (QED) is 0.281. The maximum atomic E-state index is 14.7. The normalized spacial score (nSPS) is 11.4. The third kappa shape index (κ3) is 5.45. The summed E-state index contributed by atoms with van der Waals surface area (Å²) in [6.45, 7) is 8.48. The van der Waals surface area contributed by atoms with E-state index in [-0.39, 0.29) is 0 Å². The van der Waals surface area contributed by atoms with Crippen LogP contribution in [0.1, 0.15) is 62.8 Å². The Kier molecular flexibility index (Phi) is 8.59. The van der Waals surface area contributed by atoms with Gasteiger partial charge in [-0.3, -0.25) is 0 Å². The van der Waals surface area contributed by atoms with Crippen molar-refractivity contribution in [3.05, 3.63) is 89.0 Å². The molecule has 0 heterocycles. The van der Waals surface area contributed by atoms with Crippen LogP contribution in [-0.2, 0) is 30.2 Å². The molecule has 0 aliphatic rings. The van der Waals surface area contributed by atoms with Gasteiger partial charge >= 0.3 is 7.60 Å². The first-order valence-corrected chi connectivity index (χ1v) is 13.4. The summed E-state index contributed by atoms with van der Waals surface area (Å²) in [5, 5.41) is 0.664. The van der Waals surface area contributed by atoms with Gasteiger partial charge in [0, 0.05) is 0 Å². The van der Waals surface area contributed by atoms with Crippen molar-refractivity contribution in [1.29, 1.82) is 0 Å². The van der Waals surface area contributed by atoms with Crippen LogP contribution in [0.3, 0.4) is 0 Å². The number of para-hydroxylation sites is 2. The van der Waals surface area contributed by atoms with E-state index >= 15 is 0 Å². The number of benzene rings is 3. The Hall–Kier alpha value is -2.51. The number of aryl methyl sites for hydroxylation is 3. The molecule has 3 nitrogen and oxygen atoms in total. The minimum absolute atomic E-state index is 0.634. The van der Waals surface area contributed by atoms with Crippen LogP contribution in [0.4, 0.5) is 0 Å². The van der Waals surface area contributed by atoms with Gasteiger partial charge < -0.3 is 9.05 Å². The zero-order valence-electron chi connectivity index (χ0n) is 19.8. The lowest BCUT2D eigenvalue weighted by atomic mass is 10.0. The summed E-state index contributed by atoms with van der Waals surface area (Å²) in [4.78, 5) is 0. The molecule has 0 fully saturated rings.